The lowest BCUT2D eigenvalue weighted by molar-refractivity contribution is -0.155. The van der Waals surface area contributed by atoms with Crippen LogP contribution in [0.1, 0.15) is 37.5 Å². The van der Waals surface area contributed by atoms with Crippen molar-refractivity contribution >= 4 is 25.9 Å². The molecule has 2 saturated heterocycles. The van der Waals surface area contributed by atoms with Gasteiger partial charge in [-0.1, -0.05) is 125 Å². The highest BCUT2D eigenvalue weighted by molar-refractivity contribution is 8.01. The van der Waals surface area contributed by atoms with E-state index in [1.54, 1.807) is 11.8 Å². The van der Waals surface area contributed by atoms with Crippen molar-refractivity contribution in [3.63, 3.8) is 0 Å². The first-order valence-electron chi connectivity index (χ1n) is 13.6. The van der Waals surface area contributed by atoms with Crippen LogP contribution in [-0.2, 0) is 19.0 Å². The first-order valence-corrected chi connectivity index (χ1v) is 17.5. The molecule has 4 unspecified atom stereocenters. The first kappa shape index (κ1) is 28.1. The third-order valence-corrected chi connectivity index (χ3v) is 16.1. The van der Waals surface area contributed by atoms with Gasteiger partial charge in [0.1, 0.15) is 12.9 Å². The number of nitrogens with zero attached hydrogens (tertiary/aromatic N) is 1. The third kappa shape index (κ3) is 4.89. The van der Waals surface area contributed by atoms with Gasteiger partial charge in [-0.15, -0.1) is 11.8 Å². The maximum absolute atomic E-state index is 14.0. The molecule has 2 aliphatic rings. The minimum Gasteiger partial charge on any atom is -0.389 e. The average Bonchev–Trinajstić information content (AvgIpc) is 3.47. The summed E-state index contributed by atoms with van der Waals surface area (Å²) in [5, 5.41) is 11.2. The zero-order valence-corrected chi connectivity index (χ0v) is 25.2. The average molecular weight is 562 g/mol. The Bertz CT molecular complexity index is 1160. The maximum Gasteiger partial charge on any atom is 0.224 e. The molecule has 2 aliphatic heterocycles. The van der Waals surface area contributed by atoms with E-state index in [1.807, 2.05) is 18.2 Å². The summed E-state index contributed by atoms with van der Waals surface area (Å²) in [5.74, 6) is -0.573. The van der Waals surface area contributed by atoms with Gasteiger partial charge < -0.3 is 19.1 Å². The van der Waals surface area contributed by atoms with E-state index in [9.17, 15) is 9.90 Å². The summed E-state index contributed by atoms with van der Waals surface area (Å²) in [6.45, 7) is 11.7. The van der Waals surface area contributed by atoms with Crippen LogP contribution in [0.2, 0.25) is 18.1 Å². The molecule has 206 valence electrons. The highest BCUT2D eigenvalue weighted by atomic mass is 32.2. The van der Waals surface area contributed by atoms with Gasteiger partial charge in [-0.3, -0.25) is 4.79 Å². The van der Waals surface area contributed by atoms with Crippen LogP contribution in [0.25, 0.3) is 0 Å². The Labute approximate surface area is 237 Å². The summed E-state index contributed by atoms with van der Waals surface area (Å²) in [6.07, 6.45) is -1.46. The molecule has 0 aromatic heterocycles. The van der Waals surface area contributed by atoms with Crippen molar-refractivity contribution in [3.05, 3.63) is 108 Å². The van der Waals surface area contributed by atoms with E-state index in [2.05, 4.69) is 111 Å². The molecule has 1 N–H and O–H groups in total. The molecule has 0 aliphatic carbocycles. The highest BCUT2D eigenvalue weighted by Crippen LogP contribution is 2.57. The van der Waals surface area contributed by atoms with Crippen LogP contribution in [0.4, 0.5) is 0 Å². The van der Waals surface area contributed by atoms with E-state index >= 15 is 0 Å². The number of carbonyl (C=O) groups is 1. The number of aliphatic hydroxyl groups excluding tert-OH is 1. The molecule has 2 heterocycles. The van der Waals surface area contributed by atoms with Crippen LogP contribution in [0.15, 0.2) is 91.0 Å². The van der Waals surface area contributed by atoms with Gasteiger partial charge in [-0.05, 0) is 21.7 Å². The lowest BCUT2D eigenvalue weighted by Crippen LogP contribution is -2.75. The number of ether oxygens (including phenoxy) is 2. The number of rotatable bonds is 8. The Hall–Kier alpha value is -2.42. The Kier molecular flexibility index (Phi) is 7.83. The number of benzene rings is 3. The summed E-state index contributed by atoms with van der Waals surface area (Å²) in [7, 11) is -2.30. The van der Waals surface area contributed by atoms with Gasteiger partial charge in [-0.2, -0.15) is 0 Å². The van der Waals surface area contributed by atoms with Crippen LogP contribution >= 0.6 is 11.8 Å². The minimum atomic E-state index is -2.30. The zero-order chi connectivity index (χ0) is 27.8. The van der Waals surface area contributed by atoms with E-state index < -0.39 is 31.1 Å². The summed E-state index contributed by atoms with van der Waals surface area (Å²) >= 11 is 1.77. The Balaban J connectivity index is 1.70. The van der Waals surface area contributed by atoms with Crippen molar-refractivity contribution in [3.8, 4) is 0 Å². The second-order valence-electron chi connectivity index (χ2n) is 12.0. The quantitative estimate of drug-likeness (QED) is 0.201. The molecule has 0 bridgehead atoms. The SMILES string of the molecule is CC(C)(C)[Si](C)(C)N1C(=O)C(C(O)C2COCO2)C1SC(c1ccccc1)(c1ccccc1)c1ccccc1. The van der Waals surface area contributed by atoms with Crippen molar-refractivity contribution in [1.29, 1.82) is 0 Å². The standard InChI is InChI=1S/C32H39NO4SSi/c1-31(2,3)39(4,5)33-29(35)27(28(34)26-21-36-22-37-26)30(33)38-32(23-15-9-6-10-16-23,24-17-11-7-12-18-24)25-19-13-8-14-20-25/h6-20,26-28,30,34H,21-22H2,1-5H3. The third-order valence-electron chi connectivity index (χ3n) is 8.76. The van der Waals surface area contributed by atoms with Crippen LogP contribution in [0.3, 0.4) is 0 Å². The van der Waals surface area contributed by atoms with Crippen molar-refractivity contribution in [2.45, 2.75) is 61.2 Å². The zero-order valence-electron chi connectivity index (χ0n) is 23.4. The van der Waals surface area contributed by atoms with E-state index in [4.69, 9.17) is 9.47 Å². The predicted octanol–water partition coefficient (Wildman–Crippen LogP) is 6.24. The van der Waals surface area contributed by atoms with Crippen LogP contribution in [-0.4, -0.2) is 54.8 Å². The van der Waals surface area contributed by atoms with Gasteiger partial charge in [0.15, 0.2) is 8.24 Å². The molecule has 3 aromatic carbocycles. The van der Waals surface area contributed by atoms with Crippen molar-refractivity contribution < 1.29 is 19.4 Å². The molecule has 0 spiro atoms. The second kappa shape index (κ2) is 10.9. The van der Waals surface area contributed by atoms with Gasteiger partial charge in [0, 0.05) is 0 Å². The smallest absolute Gasteiger partial charge is 0.224 e. The van der Waals surface area contributed by atoms with Crippen molar-refractivity contribution in [2.24, 2.45) is 5.92 Å². The number of aliphatic hydroxyl groups is 1. The molecular weight excluding hydrogens is 523 g/mol. The summed E-state index contributed by atoms with van der Waals surface area (Å²) in [5.41, 5.74) is 3.40. The first-order chi connectivity index (χ1) is 18.6. The molecule has 39 heavy (non-hydrogen) atoms. The molecule has 2 fully saturated rings. The highest BCUT2D eigenvalue weighted by Gasteiger charge is 2.62. The largest absolute Gasteiger partial charge is 0.389 e. The van der Waals surface area contributed by atoms with Crippen molar-refractivity contribution in [2.75, 3.05) is 13.4 Å². The van der Waals surface area contributed by atoms with E-state index in [1.165, 1.54) is 0 Å². The molecule has 4 atom stereocenters. The van der Waals surface area contributed by atoms with Gasteiger partial charge in [0.2, 0.25) is 5.91 Å². The van der Waals surface area contributed by atoms with E-state index in [0.29, 0.717) is 6.61 Å². The number of carbonyl (C=O) groups excluding carboxylic acids is 1. The van der Waals surface area contributed by atoms with Gasteiger partial charge in [-0.25, -0.2) is 0 Å². The topological polar surface area (TPSA) is 59.0 Å². The number of hydrogen-bond acceptors (Lipinski definition) is 5. The molecular formula is C32H39NO4SSi. The molecule has 1 amide bonds. The Morgan fingerprint density at radius 3 is 1.72 bits per heavy atom. The van der Waals surface area contributed by atoms with E-state index in [0.717, 1.165) is 16.7 Å². The lowest BCUT2D eigenvalue weighted by Gasteiger charge is -2.60. The Morgan fingerprint density at radius 2 is 1.33 bits per heavy atom. The maximum atomic E-state index is 14.0. The fourth-order valence-electron chi connectivity index (χ4n) is 5.56. The number of hydrogen-bond donors (Lipinski definition) is 1. The monoisotopic (exact) mass is 561 g/mol. The minimum absolute atomic E-state index is 0.0187. The molecule has 0 saturated carbocycles. The van der Waals surface area contributed by atoms with Gasteiger partial charge >= 0.3 is 0 Å². The van der Waals surface area contributed by atoms with Gasteiger partial charge in [0.25, 0.3) is 0 Å². The summed E-state index contributed by atoms with van der Waals surface area (Å²) < 4.78 is 12.7. The predicted molar refractivity (Wildman–Crippen MR) is 160 cm³/mol. The Morgan fingerprint density at radius 1 is 0.872 bits per heavy atom. The molecule has 3 aromatic rings. The second-order valence-corrected chi connectivity index (χ2v) is 18.4. The fourth-order valence-corrected chi connectivity index (χ4v) is 10.5. The number of β-lactam (4-membered cyclic amide) rings is 1. The number of thioether (sulfide) groups is 1. The van der Waals surface area contributed by atoms with Crippen LogP contribution < -0.4 is 0 Å². The van der Waals surface area contributed by atoms with Crippen molar-refractivity contribution in [1.82, 2.24) is 4.57 Å². The summed E-state index contributed by atoms with van der Waals surface area (Å²) in [4.78, 5) is 14.0. The number of amides is 1. The normalized spacial score (nSPS) is 23.0. The molecule has 5 rings (SSSR count). The van der Waals surface area contributed by atoms with Crippen LogP contribution in [0.5, 0.6) is 0 Å². The molecule has 5 nitrogen and oxygen atoms in total. The lowest BCUT2D eigenvalue weighted by atomic mass is 9.84. The van der Waals surface area contributed by atoms with Gasteiger partial charge in [0.05, 0.1) is 28.7 Å². The fraction of sp³-hybridized carbons (Fsp3) is 0.406. The molecule has 0 radical (unpaired) electrons. The summed E-state index contributed by atoms with van der Waals surface area (Å²) in [6, 6.07) is 31.6. The van der Waals surface area contributed by atoms with E-state index in [-0.39, 0.29) is 23.1 Å². The molecule has 7 heteroatoms. The van der Waals surface area contributed by atoms with Crippen LogP contribution in [0, 0.1) is 5.92 Å².